The lowest BCUT2D eigenvalue weighted by atomic mass is 10.3. The summed E-state index contributed by atoms with van der Waals surface area (Å²) in [7, 11) is 0. The van der Waals surface area contributed by atoms with E-state index in [4.69, 9.17) is 5.73 Å². The third-order valence-corrected chi connectivity index (χ3v) is 4.58. The number of amides is 1. The number of carbonyl (C=O) groups excluding carboxylic acids is 1. The Kier molecular flexibility index (Phi) is 4.81. The van der Waals surface area contributed by atoms with Crippen LogP contribution in [0.5, 0.6) is 0 Å². The Morgan fingerprint density at radius 1 is 1.63 bits per heavy atom. The maximum Gasteiger partial charge on any atom is 0.263 e. The fourth-order valence-corrected chi connectivity index (χ4v) is 3.18. The molecule has 0 atom stereocenters. The molecule has 0 aliphatic rings. The van der Waals surface area contributed by atoms with E-state index < -0.39 is 0 Å². The van der Waals surface area contributed by atoms with Gasteiger partial charge in [0.25, 0.3) is 5.91 Å². The normalized spacial score (nSPS) is 10.5. The molecule has 0 bridgehead atoms. The molecular formula is C13H15N3OS2. The first-order chi connectivity index (χ1) is 9.24. The number of nitrogens with one attached hydrogen (secondary N) is 1. The van der Waals surface area contributed by atoms with E-state index in [9.17, 15) is 4.79 Å². The predicted octanol–water partition coefficient (Wildman–Crippen LogP) is 2.53. The number of hydrogen-bond acceptors (Lipinski definition) is 5. The Bertz CT molecular complexity index is 595. The van der Waals surface area contributed by atoms with E-state index in [0.717, 1.165) is 16.2 Å². The van der Waals surface area contributed by atoms with Crippen molar-refractivity contribution in [2.24, 2.45) is 0 Å². The third kappa shape index (κ3) is 3.27. The Hall–Kier alpha value is -1.53. The summed E-state index contributed by atoms with van der Waals surface area (Å²) in [4.78, 5) is 16.8. The predicted molar refractivity (Wildman–Crippen MR) is 83.9 cm³/mol. The SMILES string of the molecule is C=CCSCCNC(=O)c1sc2cccnc2c1N. The molecule has 2 aromatic rings. The summed E-state index contributed by atoms with van der Waals surface area (Å²) in [5.74, 6) is 1.63. The minimum absolute atomic E-state index is 0.125. The van der Waals surface area contributed by atoms with Crippen molar-refractivity contribution in [2.45, 2.75) is 0 Å². The molecule has 0 saturated carbocycles. The number of nitrogen functional groups attached to an aromatic ring is 1. The maximum absolute atomic E-state index is 12.0. The van der Waals surface area contributed by atoms with E-state index in [1.165, 1.54) is 11.3 Å². The van der Waals surface area contributed by atoms with Crippen LogP contribution in [0.3, 0.4) is 0 Å². The molecule has 0 spiro atoms. The van der Waals surface area contributed by atoms with E-state index in [-0.39, 0.29) is 5.91 Å². The molecule has 3 N–H and O–H groups in total. The lowest BCUT2D eigenvalue weighted by molar-refractivity contribution is 0.0961. The van der Waals surface area contributed by atoms with E-state index in [2.05, 4.69) is 16.9 Å². The monoisotopic (exact) mass is 293 g/mol. The van der Waals surface area contributed by atoms with Gasteiger partial charge in [-0.3, -0.25) is 9.78 Å². The van der Waals surface area contributed by atoms with Crippen LogP contribution in [-0.4, -0.2) is 28.9 Å². The number of thiophene rings is 1. The summed E-state index contributed by atoms with van der Waals surface area (Å²) >= 11 is 3.10. The zero-order valence-corrected chi connectivity index (χ0v) is 12.0. The summed E-state index contributed by atoms with van der Waals surface area (Å²) in [5, 5.41) is 2.87. The number of fused-ring (bicyclic) bond motifs is 1. The Labute approximate surface area is 120 Å². The van der Waals surface area contributed by atoms with Crippen molar-refractivity contribution in [1.29, 1.82) is 0 Å². The van der Waals surface area contributed by atoms with Crippen molar-refractivity contribution >= 4 is 44.9 Å². The van der Waals surface area contributed by atoms with Crippen molar-refractivity contribution in [1.82, 2.24) is 10.3 Å². The number of thioether (sulfide) groups is 1. The van der Waals surface area contributed by atoms with Crippen LogP contribution in [-0.2, 0) is 0 Å². The minimum atomic E-state index is -0.125. The van der Waals surface area contributed by atoms with Crippen LogP contribution in [0, 0.1) is 0 Å². The van der Waals surface area contributed by atoms with Gasteiger partial charge >= 0.3 is 0 Å². The number of aromatic nitrogens is 1. The molecule has 2 heterocycles. The minimum Gasteiger partial charge on any atom is -0.396 e. The van der Waals surface area contributed by atoms with E-state index >= 15 is 0 Å². The lowest BCUT2D eigenvalue weighted by Gasteiger charge is -2.03. The van der Waals surface area contributed by atoms with Gasteiger partial charge in [0, 0.05) is 24.2 Å². The largest absolute Gasteiger partial charge is 0.396 e. The third-order valence-electron chi connectivity index (χ3n) is 2.46. The number of hydrogen-bond donors (Lipinski definition) is 2. The zero-order valence-electron chi connectivity index (χ0n) is 10.4. The van der Waals surface area contributed by atoms with Crippen LogP contribution in [0.1, 0.15) is 9.67 Å². The molecular weight excluding hydrogens is 278 g/mol. The summed E-state index contributed by atoms with van der Waals surface area (Å²) in [6, 6.07) is 3.76. The fraction of sp³-hybridized carbons (Fsp3) is 0.231. The van der Waals surface area contributed by atoms with E-state index in [1.54, 1.807) is 18.0 Å². The Morgan fingerprint density at radius 2 is 2.47 bits per heavy atom. The van der Waals surface area contributed by atoms with Crippen LogP contribution < -0.4 is 11.1 Å². The molecule has 4 nitrogen and oxygen atoms in total. The Morgan fingerprint density at radius 3 is 3.21 bits per heavy atom. The number of rotatable bonds is 6. The topological polar surface area (TPSA) is 68.0 Å². The van der Waals surface area contributed by atoms with Gasteiger partial charge in [0.2, 0.25) is 0 Å². The molecule has 2 aromatic heterocycles. The van der Waals surface area contributed by atoms with Gasteiger partial charge in [-0.25, -0.2) is 0 Å². The average molecular weight is 293 g/mol. The summed E-state index contributed by atoms with van der Waals surface area (Å²) < 4.78 is 0.936. The van der Waals surface area contributed by atoms with Gasteiger partial charge in [0.15, 0.2) is 0 Å². The Balaban J connectivity index is 2.01. The van der Waals surface area contributed by atoms with Crippen LogP contribution in [0.2, 0.25) is 0 Å². The fourth-order valence-electron chi connectivity index (χ4n) is 1.60. The number of pyridine rings is 1. The molecule has 0 saturated heterocycles. The molecule has 0 aliphatic carbocycles. The van der Waals surface area contributed by atoms with Gasteiger partial charge in [-0.05, 0) is 12.1 Å². The maximum atomic E-state index is 12.0. The molecule has 100 valence electrons. The van der Waals surface area contributed by atoms with Crippen LogP contribution >= 0.6 is 23.1 Å². The molecule has 0 aromatic carbocycles. The van der Waals surface area contributed by atoms with E-state index in [0.29, 0.717) is 22.6 Å². The summed E-state index contributed by atoms with van der Waals surface area (Å²) in [6.45, 7) is 4.27. The number of nitrogens with zero attached hydrogens (tertiary/aromatic N) is 1. The van der Waals surface area contributed by atoms with Crippen LogP contribution in [0.15, 0.2) is 31.0 Å². The van der Waals surface area contributed by atoms with Crippen LogP contribution in [0.25, 0.3) is 10.2 Å². The van der Waals surface area contributed by atoms with Gasteiger partial charge < -0.3 is 11.1 Å². The molecule has 0 radical (unpaired) electrons. The molecule has 1 amide bonds. The molecule has 0 unspecified atom stereocenters. The molecule has 0 aliphatic heterocycles. The zero-order chi connectivity index (χ0) is 13.7. The van der Waals surface area contributed by atoms with Crippen LogP contribution in [0.4, 0.5) is 5.69 Å². The highest BCUT2D eigenvalue weighted by Crippen LogP contribution is 2.31. The molecule has 6 heteroatoms. The number of carbonyl (C=O) groups is 1. The second-order valence-electron chi connectivity index (χ2n) is 3.81. The summed E-state index contributed by atoms with van der Waals surface area (Å²) in [5.41, 5.74) is 7.14. The van der Waals surface area contributed by atoms with Gasteiger partial charge in [-0.1, -0.05) is 6.08 Å². The summed E-state index contributed by atoms with van der Waals surface area (Å²) in [6.07, 6.45) is 3.53. The highest BCUT2D eigenvalue weighted by Gasteiger charge is 2.16. The first kappa shape index (κ1) is 13.9. The van der Waals surface area contributed by atoms with Gasteiger partial charge in [-0.15, -0.1) is 17.9 Å². The molecule has 2 rings (SSSR count). The molecule has 0 fully saturated rings. The quantitative estimate of drug-likeness (QED) is 0.634. The van der Waals surface area contributed by atoms with Crippen molar-refractivity contribution in [3.63, 3.8) is 0 Å². The van der Waals surface area contributed by atoms with Gasteiger partial charge in [-0.2, -0.15) is 11.8 Å². The average Bonchev–Trinajstić information content (AvgIpc) is 2.76. The second kappa shape index (κ2) is 6.58. The standard InChI is InChI=1S/C13H15N3OS2/c1-2-7-18-8-6-16-13(17)12-10(14)11-9(19-12)4-3-5-15-11/h2-5H,1,6-8,14H2,(H,16,17). The number of anilines is 1. The lowest BCUT2D eigenvalue weighted by Crippen LogP contribution is -2.25. The van der Waals surface area contributed by atoms with Crippen molar-refractivity contribution < 1.29 is 4.79 Å². The van der Waals surface area contributed by atoms with Crippen molar-refractivity contribution in [3.8, 4) is 0 Å². The first-order valence-corrected chi connectivity index (χ1v) is 7.81. The van der Waals surface area contributed by atoms with Gasteiger partial charge in [0.05, 0.1) is 10.4 Å². The number of nitrogens with two attached hydrogens (primary N) is 1. The van der Waals surface area contributed by atoms with Crippen molar-refractivity contribution in [3.05, 3.63) is 35.9 Å². The second-order valence-corrected chi connectivity index (χ2v) is 6.02. The molecule has 19 heavy (non-hydrogen) atoms. The van der Waals surface area contributed by atoms with E-state index in [1.807, 2.05) is 18.2 Å². The highest BCUT2D eigenvalue weighted by atomic mass is 32.2. The highest BCUT2D eigenvalue weighted by molar-refractivity contribution is 7.99. The first-order valence-electron chi connectivity index (χ1n) is 5.84. The smallest absolute Gasteiger partial charge is 0.263 e. The van der Waals surface area contributed by atoms with Gasteiger partial charge in [0.1, 0.15) is 10.4 Å². The van der Waals surface area contributed by atoms with Crippen molar-refractivity contribution in [2.75, 3.05) is 23.8 Å².